The molecule has 1 aliphatic heterocycles. The zero-order chi connectivity index (χ0) is 12.5. The van der Waals surface area contributed by atoms with Crippen LogP contribution in [0.1, 0.15) is 49.5 Å². The first-order valence-corrected chi connectivity index (χ1v) is 7.69. The minimum atomic E-state index is 0.0903. The molecule has 1 saturated heterocycles. The molecule has 2 aliphatic rings. The van der Waals surface area contributed by atoms with Crippen LogP contribution in [0.3, 0.4) is 0 Å². The summed E-state index contributed by atoms with van der Waals surface area (Å²) in [5.41, 5.74) is 0.527. The summed E-state index contributed by atoms with van der Waals surface area (Å²) >= 11 is 1.25. The van der Waals surface area contributed by atoms with Crippen LogP contribution >= 0.6 is 11.5 Å². The van der Waals surface area contributed by atoms with Crippen molar-refractivity contribution < 1.29 is 4.79 Å². The number of hydrogen-bond acceptors (Lipinski definition) is 4. The fourth-order valence-corrected chi connectivity index (χ4v) is 4.00. The lowest BCUT2D eigenvalue weighted by atomic mass is 9.72. The third kappa shape index (κ3) is 2.05. The van der Waals surface area contributed by atoms with E-state index in [1.54, 1.807) is 5.38 Å². The fourth-order valence-electron chi connectivity index (χ4n) is 3.57. The number of carbonyl (C=O) groups is 1. The number of carbonyl (C=O) groups excluding carboxylic acids is 1. The first-order valence-electron chi connectivity index (χ1n) is 6.85. The number of likely N-dealkylation sites (tertiary alicyclic amines) is 1. The predicted molar refractivity (Wildman–Crippen MR) is 70.5 cm³/mol. The minimum Gasteiger partial charge on any atom is -0.334 e. The highest BCUT2D eigenvalue weighted by Crippen LogP contribution is 2.39. The van der Waals surface area contributed by atoms with E-state index in [2.05, 4.69) is 21.4 Å². The molecule has 18 heavy (non-hydrogen) atoms. The van der Waals surface area contributed by atoms with Crippen LogP contribution < -0.4 is 0 Å². The Morgan fingerprint density at radius 1 is 1.39 bits per heavy atom. The van der Waals surface area contributed by atoms with E-state index < -0.39 is 0 Å². The van der Waals surface area contributed by atoms with Crippen molar-refractivity contribution in [3.05, 3.63) is 11.1 Å². The number of rotatable bonds is 1. The zero-order valence-electron chi connectivity index (χ0n) is 10.7. The summed E-state index contributed by atoms with van der Waals surface area (Å²) in [4.78, 5) is 14.5. The van der Waals surface area contributed by atoms with Crippen molar-refractivity contribution >= 4 is 17.4 Å². The van der Waals surface area contributed by atoms with Crippen molar-refractivity contribution in [2.45, 2.75) is 45.1 Å². The average molecular weight is 265 g/mol. The molecule has 2 fully saturated rings. The van der Waals surface area contributed by atoms with Gasteiger partial charge >= 0.3 is 0 Å². The summed E-state index contributed by atoms with van der Waals surface area (Å²) in [6.45, 7) is 3.23. The van der Waals surface area contributed by atoms with E-state index in [9.17, 15) is 4.79 Å². The van der Waals surface area contributed by atoms with Gasteiger partial charge in [0.2, 0.25) is 0 Å². The topological polar surface area (TPSA) is 46.1 Å². The molecule has 3 atom stereocenters. The van der Waals surface area contributed by atoms with E-state index in [0.29, 0.717) is 17.7 Å². The Morgan fingerprint density at radius 2 is 2.22 bits per heavy atom. The Balaban J connectivity index is 1.81. The van der Waals surface area contributed by atoms with E-state index in [1.807, 2.05) is 0 Å². The van der Waals surface area contributed by atoms with Gasteiger partial charge in [-0.2, -0.15) is 0 Å². The Hall–Kier alpha value is -0.970. The predicted octanol–water partition coefficient (Wildman–Crippen LogP) is 2.58. The fraction of sp³-hybridized carbons (Fsp3) is 0.769. The second-order valence-electron chi connectivity index (χ2n) is 5.57. The molecule has 5 heteroatoms. The lowest BCUT2D eigenvalue weighted by Gasteiger charge is -2.47. The van der Waals surface area contributed by atoms with Gasteiger partial charge in [0.15, 0.2) is 5.69 Å². The summed E-state index contributed by atoms with van der Waals surface area (Å²) in [6.07, 6.45) is 6.16. The molecule has 1 aromatic rings. The summed E-state index contributed by atoms with van der Waals surface area (Å²) in [5.74, 6) is 1.54. The van der Waals surface area contributed by atoms with E-state index in [-0.39, 0.29) is 5.91 Å². The van der Waals surface area contributed by atoms with E-state index in [0.717, 1.165) is 25.3 Å². The maximum absolute atomic E-state index is 12.5. The maximum Gasteiger partial charge on any atom is 0.275 e. The molecule has 4 nitrogen and oxygen atoms in total. The average Bonchev–Trinajstić information content (AvgIpc) is 2.93. The summed E-state index contributed by atoms with van der Waals surface area (Å²) in [5, 5.41) is 5.69. The van der Waals surface area contributed by atoms with Crippen molar-refractivity contribution in [2.75, 3.05) is 6.54 Å². The monoisotopic (exact) mass is 265 g/mol. The van der Waals surface area contributed by atoms with Gasteiger partial charge in [-0.1, -0.05) is 24.3 Å². The number of piperidine rings is 1. The molecule has 1 aliphatic carbocycles. The summed E-state index contributed by atoms with van der Waals surface area (Å²) in [7, 11) is 0. The highest BCUT2D eigenvalue weighted by Gasteiger charge is 2.39. The lowest BCUT2D eigenvalue weighted by Crippen LogP contribution is -2.52. The van der Waals surface area contributed by atoms with Crippen LogP contribution in [-0.2, 0) is 0 Å². The third-order valence-electron chi connectivity index (χ3n) is 4.58. The van der Waals surface area contributed by atoms with Gasteiger partial charge < -0.3 is 4.90 Å². The van der Waals surface area contributed by atoms with E-state index in [1.165, 1.54) is 30.8 Å². The highest BCUT2D eigenvalue weighted by atomic mass is 32.1. The molecule has 3 unspecified atom stereocenters. The molecule has 1 amide bonds. The zero-order valence-corrected chi connectivity index (χ0v) is 11.5. The minimum absolute atomic E-state index is 0.0903. The van der Waals surface area contributed by atoms with Gasteiger partial charge in [-0.25, -0.2) is 0 Å². The molecule has 1 saturated carbocycles. The van der Waals surface area contributed by atoms with Gasteiger partial charge in [0.1, 0.15) is 0 Å². The van der Waals surface area contributed by atoms with Crippen molar-refractivity contribution in [3.8, 4) is 0 Å². The van der Waals surface area contributed by atoms with Crippen LogP contribution in [-0.4, -0.2) is 33.0 Å². The molecule has 98 valence electrons. The number of hydrogen-bond donors (Lipinski definition) is 0. The van der Waals surface area contributed by atoms with Gasteiger partial charge in [0, 0.05) is 18.0 Å². The molecule has 0 aromatic carbocycles. The Kier molecular flexibility index (Phi) is 3.33. The quantitative estimate of drug-likeness (QED) is 0.784. The maximum atomic E-state index is 12.5. The van der Waals surface area contributed by atoms with Crippen LogP contribution in [0.2, 0.25) is 0 Å². The first kappa shape index (κ1) is 12.1. The molecule has 1 aromatic heterocycles. The molecule has 2 heterocycles. The Morgan fingerprint density at radius 3 is 3.00 bits per heavy atom. The molecule has 0 N–H and O–H groups in total. The molecule has 0 spiro atoms. The highest BCUT2D eigenvalue weighted by molar-refractivity contribution is 7.03. The number of amides is 1. The number of aromatic nitrogens is 2. The van der Waals surface area contributed by atoms with Crippen LogP contribution in [0.5, 0.6) is 0 Å². The first-order chi connectivity index (χ1) is 8.77. The largest absolute Gasteiger partial charge is 0.334 e. The van der Waals surface area contributed by atoms with E-state index >= 15 is 0 Å². The molecule has 0 bridgehead atoms. The van der Waals surface area contributed by atoms with Crippen LogP contribution in [0.25, 0.3) is 0 Å². The molecular formula is C13H19N3OS. The second kappa shape index (κ2) is 4.96. The molecular weight excluding hydrogens is 246 g/mol. The van der Waals surface area contributed by atoms with Crippen LogP contribution in [0, 0.1) is 11.8 Å². The van der Waals surface area contributed by atoms with Gasteiger partial charge in [-0.15, -0.1) is 5.10 Å². The number of fused-ring (bicyclic) bond motifs is 1. The Labute approximate surface area is 112 Å². The molecule has 0 radical (unpaired) electrons. The van der Waals surface area contributed by atoms with Crippen molar-refractivity contribution in [3.63, 3.8) is 0 Å². The van der Waals surface area contributed by atoms with Crippen molar-refractivity contribution in [1.82, 2.24) is 14.5 Å². The van der Waals surface area contributed by atoms with Gasteiger partial charge in [-0.3, -0.25) is 4.79 Å². The summed E-state index contributed by atoms with van der Waals surface area (Å²) in [6, 6.07) is 0.441. The van der Waals surface area contributed by atoms with Crippen LogP contribution in [0.15, 0.2) is 5.38 Å². The lowest BCUT2D eigenvalue weighted by molar-refractivity contribution is 0.0213. The number of nitrogens with zero attached hydrogens (tertiary/aromatic N) is 3. The van der Waals surface area contributed by atoms with E-state index in [4.69, 9.17) is 0 Å². The van der Waals surface area contributed by atoms with Crippen molar-refractivity contribution in [2.24, 2.45) is 11.8 Å². The summed E-state index contributed by atoms with van der Waals surface area (Å²) < 4.78 is 3.80. The smallest absolute Gasteiger partial charge is 0.275 e. The normalized spacial score (nSPS) is 32.1. The standard InChI is InChI=1S/C13H19N3OS/c1-9-6-7-16(12-5-3-2-4-10(9)12)13(17)11-8-18-15-14-11/h8-10,12H,2-7H2,1H3. The SMILES string of the molecule is CC1CCN(C(=O)c2csnn2)C2CCCCC12. The van der Waals surface area contributed by atoms with Crippen LogP contribution in [0.4, 0.5) is 0 Å². The third-order valence-corrected chi connectivity index (χ3v) is 5.08. The van der Waals surface area contributed by atoms with Gasteiger partial charge in [0.25, 0.3) is 5.91 Å². The van der Waals surface area contributed by atoms with Gasteiger partial charge in [0.05, 0.1) is 0 Å². The Bertz CT molecular complexity index is 420. The second-order valence-corrected chi connectivity index (χ2v) is 6.18. The molecule has 3 rings (SSSR count). The van der Waals surface area contributed by atoms with Gasteiger partial charge in [-0.05, 0) is 42.6 Å². The van der Waals surface area contributed by atoms with Crippen molar-refractivity contribution in [1.29, 1.82) is 0 Å².